The quantitative estimate of drug-likeness (QED) is 0.827. The van der Waals surface area contributed by atoms with Crippen molar-refractivity contribution < 1.29 is 0 Å². The highest BCUT2D eigenvalue weighted by atomic mass is 35.5. The van der Waals surface area contributed by atoms with Crippen molar-refractivity contribution in [2.24, 2.45) is 5.92 Å². The lowest BCUT2D eigenvalue weighted by atomic mass is 9.98. The highest BCUT2D eigenvalue weighted by molar-refractivity contribution is 6.31. The molecule has 0 radical (unpaired) electrons. The summed E-state index contributed by atoms with van der Waals surface area (Å²) in [7, 11) is 0. The topological polar surface area (TPSA) is 12.0 Å². The van der Waals surface area contributed by atoms with Crippen LogP contribution >= 0.6 is 11.6 Å². The summed E-state index contributed by atoms with van der Waals surface area (Å²) in [5.74, 6) is 0.847. The second-order valence-corrected chi connectivity index (χ2v) is 5.65. The van der Waals surface area contributed by atoms with Crippen LogP contribution in [0.25, 0.3) is 0 Å². The van der Waals surface area contributed by atoms with Gasteiger partial charge in [0.15, 0.2) is 0 Å². The molecule has 1 aliphatic rings. The summed E-state index contributed by atoms with van der Waals surface area (Å²) < 4.78 is 0. The summed E-state index contributed by atoms with van der Waals surface area (Å²) in [5.41, 5.74) is 1.21. The average molecular weight is 252 g/mol. The molecule has 1 N–H and O–H groups in total. The van der Waals surface area contributed by atoms with Crippen molar-refractivity contribution in [3.8, 4) is 0 Å². The molecule has 2 rings (SSSR count). The van der Waals surface area contributed by atoms with Gasteiger partial charge in [0.2, 0.25) is 0 Å². The van der Waals surface area contributed by atoms with E-state index in [-0.39, 0.29) is 0 Å². The van der Waals surface area contributed by atoms with Crippen molar-refractivity contribution in [2.75, 3.05) is 0 Å². The molecular formula is C15H22ClN. The molecule has 1 fully saturated rings. The van der Waals surface area contributed by atoms with Crippen LogP contribution in [0, 0.1) is 5.92 Å². The first kappa shape index (κ1) is 12.9. The Morgan fingerprint density at radius 3 is 2.47 bits per heavy atom. The molecule has 94 valence electrons. The summed E-state index contributed by atoms with van der Waals surface area (Å²) in [6.45, 7) is 4.51. The Balaban J connectivity index is 1.96. The normalized spacial score (nSPS) is 20.4. The fourth-order valence-electron chi connectivity index (χ4n) is 2.90. The van der Waals surface area contributed by atoms with Gasteiger partial charge in [0.1, 0.15) is 0 Å². The number of benzene rings is 1. The highest BCUT2D eigenvalue weighted by Crippen LogP contribution is 2.29. The van der Waals surface area contributed by atoms with E-state index in [1.807, 2.05) is 12.1 Å². The van der Waals surface area contributed by atoms with Crippen molar-refractivity contribution in [1.29, 1.82) is 0 Å². The first-order chi connectivity index (χ1) is 8.18. The third-order valence-corrected chi connectivity index (χ3v) is 4.34. The Kier molecular flexibility index (Phi) is 4.47. The standard InChI is InChI=1S/C15H22ClN/c1-11(13-7-3-4-8-13)17-12(2)14-9-5-6-10-15(14)16/h5-6,9-13,17H,3-4,7-8H2,1-2H3. The van der Waals surface area contributed by atoms with Crippen molar-refractivity contribution in [3.63, 3.8) is 0 Å². The zero-order valence-corrected chi connectivity index (χ0v) is 11.5. The van der Waals surface area contributed by atoms with E-state index in [0.717, 1.165) is 10.9 Å². The summed E-state index contributed by atoms with van der Waals surface area (Å²) in [6.07, 6.45) is 5.56. The first-order valence-corrected chi connectivity index (χ1v) is 7.06. The maximum atomic E-state index is 6.22. The smallest absolute Gasteiger partial charge is 0.0453 e. The Morgan fingerprint density at radius 1 is 1.18 bits per heavy atom. The van der Waals surface area contributed by atoms with Gasteiger partial charge in [0.25, 0.3) is 0 Å². The van der Waals surface area contributed by atoms with Crippen LogP contribution in [0.1, 0.15) is 51.1 Å². The second-order valence-electron chi connectivity index (χ2n) is 5.24. The van der Waals surface area contributed by atoms with Crippen molar-refractivity contribution in [3.05, 3.63) is 34.9 Å². The zero-order chi connectivity index (χ0) is 12.3. The Bertz CT molecular complexity index is 358. The van der Waals surface area contributed by atoms with Gasteiger partial charge in [-0.3, -0.25) is 0 Å². The predicted molar refractivity (Wildman–Crippen MR) is 74.4 cm³/mol. The van der Waals surface area contributed by atoms with Crippen LogP contribution in [0.4, 0.5) is 0 Å². The first-order valence-electron chi connectivity index (χ1n) is 6.69. The summed E-state index contributed by atoms with van der Waals surface area (Å²) >= 11 is 6.22. The molecule has 0 saturated heterocycles. The minimum absolute atomic E-state index is 0.333. The highest BCUT2D eigenvalue weighted by Gasteiger charge is 2.23. The van der Waals surface area contributed by atoms with Crippen LogP contribution in [0.3, 0.4) is 0 Å². The molecule has 0 bridgehead atoms. The average Bonchev–Trinajstić information content (AvgIpc) is 2.82. The molecule has 17 heavy (non-hydrogen) atoms. The van der Waals surface area contributed by atoms with Gasteiger partial charge in [-0.15, -0.1) is 0 Å². The predicted octanol–water partition coefficient (Wildman–Crippen LogP) is 4.57. The number of nitrogens with one attached hydrogen (secondary N) is 1. The van der Waals surface area contributed by atoms with Crippen LogP contribution in [0.15, 0.2) is 24.3 Å². The van der Waals surface area contributed by atoms with E-state index in [4.69, 9.17) is 11.6 Å². The lowest BCUT2D eigenvalue weighted by Gasteiger charge is -2.25. The van der Waals surface area contributed by atoms with E-state index in [1.54, 1.807) is 0 Å². The minimum Gasteiger partial charge on any atom is -0.307 e. The van der Waals surface area contributed by atoms with E-state index >= 15 is 0 Å². The van der Waals surface area contributed by atoms with E-state index in [1.165, 1.54) is 31.2 Å². The lowest BCUT2D eigenvalue weighted by molar-refractivity contribution is 0.352. The van der Waals surface area contributed by atoms with Crippen LogP contribution in [-0.4, -0.2) is 6.04 Å². The van der Waals surface area contributed by atoms with Crippen LogP contribution in [0.5, 0.6) is 0 Å². The fraction of sp³-hybridized carbons (Fsp3) is 0.600. The maximum absolute atomic E-state index is 6.22. The molecule has 0 aliphatic heterocycles. The Labute approximate surface area is 110 Å². The van der Waals surface area contributed by atoms with E-state index in [2.05, 4.69) is 31.3 Å². The van der Waals surface area contributed by atoms with E-state index in [9.17, 15) is 0 Å². The number of halogens is 1. The Hall–Kier alpha value is -0.530. The third kappa shape index (κ3) is 3.23. The second kappa shape index (κ2) is 5.88. The fourth-order valence-corrected chi connectivity index (χ4v) is 3.20. The van der Waals surface area contributed by atoms with Gasteiger partial charge in [0.05, 0.1) is 0 Å². The summed E-state index contributed by atoms with van der Waals surface area (Å²) in [4.78, 5) is 0. The Morgan fingerprint density at radius 2 is 1.82 bits per heavy atom. The SMILES string of the molecule is CC(NC(C)C1CCCC1)c1ccccc1Cl. The number of rotatable bonds is 4. The summed E-state index contributed by atoms with van der Waals surface area (Å²) in [5, 5.41) is 4.56. The number of hydrogen-bond donors (Lipinski definition) is 1. The molecule has 2 atom stereocenters. The molecule has 0 aromatic heterocycles. The van der Waals surface area contributed by atoms with Gasteiger partial charge in [0, 0.05) is 17.1 Å². The van der Waals surface area contributed by atoms with Gasteiger partial charge in [-0.05, 0) is 44.2 Å². The van der Waals surface area contributed by atoms with Crippen LogP contribution < -0.4 is 5.32 Å². The molecular weight excluding hydrogens is 230 g/mol. The largest absolute Gasteiger partial charge is 0.307 e. The minimum atomic E-state index is 0.333. The van der Waals surface area contributed by atoms with Gasteiger partial charge in [-0.2, -0.15) is 0 Å². The van der Waals surface area contributed by atoms with Crippen molar-refractivity contribution in [1.82, 2.24) is 5.32 Å². The van der Waals surface area contributed by atoms with Crippen LogP contribution in [0.2, 0.25) is 5.02 Å². The number of hydrogen-bond acceptors (Lipinski definition) is 1. The lowest BCUT2D eigenvalue weighted by Crippen LogP contribution is -2.34. The van der Waals surface area contributed by atoms with E-state index in [0.29, 0.717) is 12.1 Å². The van der Waals surface area contributed by atoms with Crippen LogP contribution in [-0.2, 0) is 0 Å². The van der Waals surface area contributed by atoms with Gasteiger partial charge >= 0.3 is 0 Å². The van der Waals surface area contributed by atoms with Crippen molar-refractivity contribution in [2.45, 2.75) is 51.6 Å². The molecule has 1 nitrogen and oxygen atoms in total. The monoisotopic (exact) mass is 251 g/mol. The third-order valence-electron chi connectivity index (χ3n) is 3.99. The maximum Gasteiger partial charge on any atom is 0.0453 e. The van der Waals surface area contributed by atoms with Gasteiger partial charge in [-0.1, -0.05) is 42.6 Å². The molecule has 1 aromatic rings. The van der Waals surface area contributed by atoms with Gasteiger partial charge < -0.3 is 5.32 Å². The molecule has 2 unspecified atom stereocenters. The molecule has 2 heteroatoms. The molecule has 0 heterocycles. The van der Waals surface area contributed by atoms with E-state index < -0.39 is 0 Å². The summed E-state index contributed by atoms with van der Waals surface area (Å²) in [6, 6.07) is 9.04. The van der Waals surface area contributed by atoms with Gasteiger partial charge in [-0.25, -0.2) is 0 Å². The molecule has 1 saturated carbocycles. The van der Waals surface area contributed by atoms with Crippen molar-refractivity contribution >= 4 is 11.6 Å². The molecule has 0 amide bonds. The molecule has 1 aromatic carbocycles. The zero-order valence-electron chi connectivity index (χ0n) is 10.7. The molecule has 1 aliphatic carbocycles. The molecule has 0 spiro atoms.